The lowest BCUT2D eigenvalue weighted by Crippen LogP contribution is -2.28. The van der Waals surface area contributed by atoms with Crippen molar-refractivity contribution in [1.29, 1.82) is 0 Å². The third kappa shape index (κ3) is 3.34. The Labute approximate surface area is 169 Å². The Morgan fingerprint density at radius 1 is 1.10 bits per heavy atom. The van der Waals surface area contributed by atoms with Crippen LogP contribution in [0.4, 0.5) is 0 Å². The lowest BCUT2D eigenvalue weighted by Gasteiger charge is -2.12. The van der Waals surface area contributed by atoms with Crippen LogP contribution in [-0.4, -0.2) is 50.2 Å². The summed E-state index contributed by atoms with van der Waals surface area (Å²) in [6.07, 6.45) is 0.602. The number of fused-ring (bicyclic) bond motifs is 3. The number of hydrogen-bond donors (Lipinski definition) is 1. The quantitative estimate of drug-likeness (QED) is 0.489. The zero-order valence-electron chi connectivity index (χ0n) is 16.7. The van der Waals surface area contributed by atoms with Gasteiger partial charge in [-0.2, -0.15) is 5.10 Å². The highest BCUT2D eigenvalue weighted by atomic mass is 16.5. The normalized spacial score (nSPS) is 11.7. The molecule has 0 fully saturated rings. The molecule has 0 saturated carbocycles. The number of amides is 1. The highest BCUT2D eigenvalue weighted by Gasteiger charge is 2.32. The van der Waals surface area contributed by atoms with Crippen molar-refractivity contribution < 1.29 is 19.0 Å². The number of para-hydroxylation sites is 1. The Bertz CT molecular complexity index is 1040. The SMILES string of the molecule is COCCNC(=O)c1nn(-c2ccccc2)c2c1Cc1cc(OC)c(OC)cc1-2. The van der Waals surface area contributed by atoms with Gasteiger partial charge in [-0.15, -0.1) is 0 Å². The molecular formula is C22H23N3O4. The zero-order valence-corrected chi connectivity index (χ0v) is 16.7. The number of nitrogens with one attached hydrogen (secondary N) is 1. The molecule has 1 N–H and O–H groups in total. The molecule has 3 aromatic rings. The third-order valence-corrected chi connectivity index (χ3v) is 5.02. The van der Waals surface area contributed by atoms with Gasteiger partial charge in [0.1, 0.15) is 0 Å². The van der Waals surface area contributed by atoms with E-state index in [4.69, 9.17) is 14.2 Å². The number of carbonyl (C=O) groups excluding carboxylic acids is 1. The minimum atomic E-state index is -0.209. The van der Waals surface area contributed by atoms with Crippen molar-refractivity contribution >= 4 is 5.91 Å². The Hall–Kier alpha value is -3.32. The van der Waals surface area contributed by atoms with Gasteiger partial charge in [-0.25, -0.2) is 4.68 Å². The zero-order chi connectivity index (χ0) is 20.4. The molecule has 7 heteroatoms. The maximum Gasteiger partial charge on any atom is 0.272 e. The van der Waals surface area contributed by atoms with Crippen LogP contribution in [0.2, 0.25) is 0 Å². The molecule has 4 rings (SSSR count). The van der Waals surface area contributed by atoms with Crippen LogP contribution in [-0.2, 0) is 11.2 Å². The van der Waals surface area contributed by atoms with Crippen molar-refractivity contribution in [3.05, 3.63) is 59.3 Å². The van der Waals surface area contributed by atoms with E-state index in [0.717, 1.165) is 28.1 Å². The predicted octanol–water partition coefficient (Wildman–Crippen LogP) is 2.84. The largest absolute Gasteiger partial charge is 0.493 e. The Balaban J connectivity index is 1.85. The standard InChI is InChI=1S/C22H23N3O4/c1-27-10-9-23-22(26)20-17-11-14-12-18(28-2)19(29-3)13-16(14)21(17)25(24-20)15-7-5-4-6-8-15/h4-8,12-13H,9-11H2,1-3H3,(H,23,26). The van der Waals surface area contributed by atoms with Crippen LogP contribution in [0.25, 0.3) is 16.9 Å². The van der Waals surface area contributed by atoms with Crippen molar-refractivity contribution in [2.75, 3.05) is 34.5 Å². The second-order valence-corrected chi connectivity index (χ2v) is 6.71. The van der Waals surface area contributed by atoms with E-state index >= 15 is 0 Å². The van der Waals surface area contributed by atoms with Crippen LogP contribution in [0.5, 0.6) is 11.5 Å². The van der Waals surface area contributed by atoms with E-state index in [-0.39, 0.29) is 5.91 Å². The molecule has 1 amide bonds. The van der Waals surface area contributed by atoms with Crippen molar-refractivity contribution in [3.63, 3.8) is 0 Å². The lowest BCUT2D eigenvalue weighted by atomic mass is 10.1. The summed E-state index contributed by atoms with van der Waals surface area (Å²) in [7, 11) is 4.83. The van der Waals surface area contributed by atoms with E-state index in [2.05, 4.69) is 10.4 Å². The summed E-state index contributed by atoms with van der Waals surface area (Å²) in [5, 5.41) is 7.55. The minimum Gasteiger partial charge on any atom is -0.493 e. The first kappa shape index (κ1) is 19.0. The van der Waals surface area contributed by atoms with Gasteiger partial charge in [0, 0.05) is 31.2 Å². The molecule has 1 aromatic heterocycles. The maximum atomic E-state index is 12.8. The first-order valence-electron chi connectivity index (χ1n) is 9.37. The first-order chi connectivity index (χ1) is 14.2. The van der Waals surface area contributed by atoms with Gasteiger partial charge in [0.2, 0.25) is 0 Å². The lowest BCUT2D eigenvalue weighted by molar-refractivity contribution is 0.0931. The average Bonchev–Trinajstić information content (AvgIpc) is 3.30. The number of methoxy groups -OCH3 is 3. The number of hydrogen-bond acceptors (Lipinski definition) is 5. The molecule has 0 aliphatic heterocycles. The maximum absolute atomic E-state index is 12.8. The molecule has 1 aliphatic carbocycles. The average molecular weight is 393 g/mol. The van der Waals surface area contributed by atoms with E-state index in [0.29, 0.717) is 36.8 Å². The molecule has 7 nitrogen and oxygen atoms in total. The fraction of sp³-hybridized carbons (Fsp3) is 0.273. The number of carbonyl (C=O) groups is 1. The molecule has 0 atom stereocenters. The fourth-order valence-electron chi connectivity index (χ4n) is 3.66. The highest BCUT2D eigenvalue weighted by Crippen LogP contribution is 2.44. The highest BCUT2D eigenvalue weighted by molar-refractivity contribution is 5.97. The van der Waals surface area contributed by atoms with E-state index in [1.807, 2.05) is 47.1 Å². The van der Waals surface area contributed by atoms with Crippen molar-refractivity contribution in [1.82, 2.24) is 15.1 Å². The van der Waals surface area contributed by atoms with Crippen LogP contribution in [0, 0.1) is 0 Å². The van der Waals surface area contributed by atoms with Gasteiger partial charge in [-0.1, -0.05) is 18.2 Å². The monoisotopic (exact) mass is 393 g/mol. The van der Waals surface area contributed by atoms with E-state index in [9.17, 15) is 4.79 Å². The molecule has 0 spiro atoms. The number of rotatable bonds is 7. The van der Waals surface area contributed by atoms with Crippen LogP contribution < -0.4 is 14.8 Å². The summed E-state index contributed by atoms with van der Waals surface area (Å²) in [4.78, 5) is 12.8. The summed E-state index contributed by atoms with van der Waals surface area (Å²) in [6.45, 7) is 0.874. The molecule has 1 heterocycles. The Morgan fingerprint density at radius 3 is 2.52 bits per heavy atom. The smallest absolute Gasteiger partial charge is 0.272 e. The Morgan fingerprint density at radius 2 is 1.83 bits per heavy atom. The molecule has 150 valence electrons. The van der Waals surface area contributed by atoms with E-state index in [1.54, 1.807) is 21.3 Å². The first-order valence-corrected chi connectivity index (χ1v) is 9.37. The predicted molar refractivity (Wildman–Crippen MR) is 109 cm³/mol. The number of ether oxygens (including phenoxy) is 3. The van der Waals surface area contributed by atoms with Gasteiger partial charge in [0.25, 0.3) is 5.91 Å². The second kappa shape index (κ2) is 7.97. The van der Waals surface area contributed by atoms with Crippen LogP contribution in [0.1, 0.15) is 21.6 Å². The molecule has 1 aliphatic rings. The summed E-state index contributed by atoms with van der Waals surface area (Å²) in [5.41, 5.74) is 5.19. The number of nitrogens with zero attached hydrogens (tertiary/aromatic N) is 2. The summed E-state index contributed by atoms with van der Waals surface area (Å²) in [5.74, 6) is 1.10. The summed E-state index contributed by atoms with van der Waals surface area (Å²) >= 11 is 0. The molecule has 29 heavy (non-hydrogen) atoms. The van der Waals surface area contributed by atoms with Gasteiger partial charge < -0.3 is 19.5 Å². The van der Waals surface area contributed by atoms with Gasteiger partial charge in [-0.3, -0.25) is 4.79 Å². The fourth-order valence-corrected chi connectivity index (χ4v) is 3.66. The number of aromatic nitrogens is 2. The third-order valence-electron chi connectivity index (χ3n) is 5.02. The molecule has 0 unspecified atom stereocenters. The van der Waals surface area contributed by atoms with E-state index in [1.165, 1.54) is 0 Å². The van der Waals surface area contributed by atoms with Gasteiger partial charge in [-0.05, 0) is 29.8 Å². The van der Waals surface area contributed by atoms with E-state index < -0.39 is 0 Å². The molecule has 0 bridgehead atoms. The minimum absolute atomic E-state index is 0.209. The molecule has 2 aromatic carbocycles. The van der Waals surface area contributed by atoms with Crippen LogP contribution in [0.3, 0.4) is 0 Å². The Kier molecular flexibility index (Phi) is 5.22. The summed E-state index contributed by atoms with van der Waals surface area (Å²) < 4.78 is 17.8. The van der Waals surface area contributed by atoms with Crippen LogP contribution >= 0.6 is 0 Å². The number of benzene rings is 2. The van der Waals surface area contributed by atoms with Crippen molar-refractivity contribution in [2.45, 2.75) is 6.42 Å². The topological polar surface area (TPSA) is 74.6 Å². The summed E-state index contributed by atoms with van der Waals surface area (Å²) in [6, 6.07) is 13.7. The van der Waals surface area contributed by atoms with Gasteiger partial charge >= 0.3 is 0 Å². The molecule has 0 saturated heterocycles. The van der Waals surface area contributed by atoms with Crippen molar-refractivity contribution in [2.24, 2.45) is 0 Å². The second-order valence-electron chi connectivity index (χ2n) is 6.71. The molecular weight excluding hydrogens is 370 g/mol. The molecule has 0 radical (unpaired) electrons. The van der Waals surface area contributed by atoms with Gasteiger partial charge in [0.15, 0.2) is 17.2 Å². The van der Waals surface area contributed by atoms with Crippen molar-refractivity contribution in [3.8, 4) is 28.4 Å². The van der Waals surface area contributed by atoms with Gasteiger partial charge in [0.05, 0.1) is 32.2 Å². The van der Waals surface area contributed by atoms with Crippen LogP contribution in [0.15, 0.2) is 42.5 Å².